The molecule has 22 heavy (non-hydrogen) atoms. The lowest BCUT2D eigenvalue weighted by atomic mass is 10.1. The van der Waals surface area contributed by atoms with Crippen LogP contribution in [0.2, 0.25) is 0 Å². The number of amides is 1. The van der Waals surface area contributed by atoms with E-state index in [4.69, 9.17) is 4.84 Å². The van der Waals surface area contributed by atoms with Crippen LogP contribution in [0.5, 0.6) is 0 Å². The molecule has 2 rings (SSSR count). The van der Waals surface area contributed by atoms with E-state index in [1.54, 1.807) is 0 Å². The van der Waals surface area contributed by atoms with Gasteiger partial charge in [-0.25, -0.2) is 0 Å². The topological polar surface area (TPSA) is 67.9 Å². The third kappa shape index (κ3) is 3.84. The van der Waals surface area contributed by atoms with Gasteiger partial charge in [0, 0.05) is 6.42 Å². The molecule has 0 aliphatic carbocycles. The van der Waals surface area contributed by atoms with Crippen LogP contribution in [0, 0.1) is 0 Å². The molecule has 1 atom stereocenters. The highest BCUT2D eigenvalue weighted by atomic mass is 16.7. The van der Waals surface area contributed by atoms with Crippen molar-refractivity contribution in [1.29, 1.82) is 0 Å². The predicted octanol–water partition coefficient (Wildman–Crippen LogP) is 1.61. The molecule has 0 radical (unpaired) electrons. The van der Waals surface area contributed by atoms with E-state index in [1.807, 2.05) is 44.2 Å². The van der Waals surface area contributed by atoms with Crippen LogP contribution in [0.3, 0.4) is 0 Å². The third-order valence-electron chi connectivity index (χ3n) is 3.60. The lowest BCUT2D eigenvalue weighted by molar-refractivity contribution is -0.212. The zero-order valence-corrected chi connectivity index (χ0v) is 13.2. The second kappa shape index (κ2) is 6.89. The number of hydroxylamine groups is 2. The lowest BCUT2D eigenvalue weighted by Crippen LogP contribution is -2.47. The molecule has 6 heteroatoms. The summed E-state index contributed by atoms with van der Waals surface area (Å²) in [6.45, 7) is 4.06. The van der Waals surface area contributed by atoms with E-state index in [1.165, 1.54) is 12.2 Å². The summed E-state index contributed by atoms with van der Waals surface area (Å²) in [6, 6.07) is 9.22. The Morgan fingerprint density at radius 2 is 2.00 bits per heavy atom. The van der Waals surface area contributed by atoms with Gasteiger partial charge in [-0.1, -0.05) is 30.3 Å². The van der Waals surface area contributed by atoms with Crippen molar-refractivity contribution in [3.8, 4) is 0 Å². The third-order valence-corrected chi connectivity index (χ3v) is 3.60. The van der Waals surface area contributed by atoms with Crippen LogP contribution in [-0.4, -0.2) is 35.8 Å². The fraction of sp³-hybridized carbons (Fsp3) is 0.500. The largest absolute Gasteiger partial charge is 0.469 e. The molecule has 1 N–H and O–H groups in total. The molecule has 1 aromatic rings. The zero-order chi connectivity index (χ0) is 16.2. The number of hydrogen-bond acceptors (Lipinski definition) is 5. The van der Waals surface area contributed by atoms with Crippen molar-refractivity contribution in [2.45, 2.75) is 45.0 Å². The smallest absolute Gasteiger partial charge is 0.305 e. The maximum atomic E-state index is 12.4. The van der Waals surface area contributed by atoms with Crippen LogP contribution in [0.1, 0.15) is 32.3 Å². The highest BCUT2D eigenvalue weighted by molar-refractivity contribution is 5.84. The average Bonchev–Trinajstić information content (AvgIpc) is 2.73. The Morgan fingerprint density at radius 3 is 2.64 bits per heavy atom. The highest BCUT2D eigenvalue weighted by Gasteiger charge is 2.45. The van der Waals surface area contributed by atoms with Gasteiger partial charge in [0.05, 0.1) is 13.2 Å². The molecule has 1 fully saturated rings. The molecule has 1 unspecified atom stereocenters. The van der Waals surface area contributed by atoms with E-state index in [9.17, 15) is 9.59 Å². The molecule has 6 nitrogen and oxygen atoms in total. The predicted molar refractivity (Wildman–Crippen MR) is 80.3 cm³/mol. The molecule has 120 valence electrons. The minimum atomic E-state index is -0.618. The van der Waals surface area contributed by atoms with Crippen molar-refractivity contribution in [2.24, 2.45) is 0 Å². The average molecular weight is 306 g/mol. The summed E-state index contributed by atoms with van der Waals surface area (Å²) in [7, 11) is 1.34. The van der Waals surface area contributed by atoms with Crippen LogP contribution in [-0.2, 0) is 25.8 Å². The number of hydrogen-bond donors (Lipinski definition) is 1. The maximum absolute atomic E-state index is 12.4. The second-order valence-electron chi connectivity index (χ2n) is 5.76. The van der Waals surface area contributed by atoms with Crippen molar-refractivity contribution in [1.82, 2.24) is 10.4 Å². The van der Waals surface area contributed by atoms with E-state index < -0.39 is 11.7 Å². The van der Waals surface area contributed by atoms with Crippen LogP contribution in [0.15, 0.2) is 30.3 Å². The highest BCUT2D eigenvalue weighted by Crippen LogP contribution is 2.24. The Morgan fingerprint density at radius 1 is 1.32 bits per heavy atom. The van der Waals surface area contributed by atoms with Gasteiger partial charge in [0.1, 0.15) is 12.3 Å². The van der Waals surface area contributed by atoms with Gasteiger partial charge in [0.25, 0.3) is 5.91 Å². The molecule has 1 saturated heterocycles. The minimum absolute atomic E-state index is 0.162. The minimum Gasteiger partial charge on any atom is -0.469 e. The molecular weight excluding hydrogens is 284 g/mol. The number of esters is 1. The van der Waals surface area contributed by atoms with Crippen LogP contribution < -0.4 is 5.32 Å². The van der Waals surface area contributed by atoms with Crippen molar-refractivity contribution < 1.29 is 19.2 Å². The van der Waals surface area contributed by atoms with Gasteiger partial charge in [-0.05, 0) is 25.8 Å². The van der Waals surface area contributed by atoms with Gasteiger partial charge in [-0.15, -0.1) is 0 Å². The van der Waals surface area contributed by atoms with E-state index in [0.717, 1.165) is 5.56 Å². The number of nitrogens with zero attached hydrogens (tertiary/aromatic N) is 1. The van der Waals surface area contributed by atoms with Crippen molar-refractivity contribution in [3.63, 3.8) is 0 Å². The Kier molecular flexibility index (Phi) is 5.15. The molecule has 0 bridgehead atoms. The first-order valence-electron chi connectivity index (χ1n) is 7.29. The second-order valence-corrected chi connectivity index (χ2v) is 5.76. The summed E-state index contributed by atoms with van der Waals surface area (Å²) >= 11 is 0. The monoisotopic (exact) mass is 306 g/mol. The van der Waals surface area contributed by atoms with Gasteiger partial charge in [0.2, 0.25) is 0 Å². The Hall–Kier alpha value is -1.92. The Bertz CT molecular complexity index is 530. The quantitative estimate of drug-likeness (QED) is 0.809. The molecule has 1 aromatic carbocycles. The lowest BCUT2D eigenvalue weighted by Gasteiger charge is -2.29. The molecule has 0 aromatic heterocycles. The van der Waals surface area contributed by atoms with Gasteiger partial charge in [-0.2, -0.15) is 5.06 Å². The summed E-state index contributed by atoms with van der Waals surface area (Å²) in [5.74, 6) is -0.485. The summed E-state index contributed by atoms with van der Waals surface area (Å²) in [5.41, 5.74) is 0.372. The molecular formula is C16H22N2O4. The SMILES string of the molecule is COC(=O)CCC1NC(C)(C)N(OCc2ccccc2)C1=O. The van der Waals surface area contributed by atoms with Crippen molar-refractivity contribution >= 4 is 11.9 Å². The summed E-state index contributed by atoms with van der Waals surface area (Å²) in [5, 5.41) is 4.55. The van der Waals surface area contributed by atoms with Crippen molar-refractivity contribution in [3.05, 3.63) is 35.9 Å². The van der Waals surface area contributed by atoms with E-state index in [-0.39, 0.29) is 18.3 Å². The number of benzene rings is 1. The molecule has 0 spiro atoms. The fourth-order valence-electron chi connectivity index (χ4n) is 2.46. The standard InChI is InChI=1S/C16H22N2O4/c1-16(2)17-13(9-10-14(19)21-3)15(20)18(16)22-11-12-7-5-4-6-8-12/h4-8,13,17H,9-11H2,1-3H3. The first-order chi connectivity index (χ1) is 10.4. The van der Waals surface area contributed by atoms with E-state index in [2.05, 4.69) is 10.1 Å². The Labute approximate surface area is 130 Å². The molecule has 0 saturated carbocycles. The van der Waals surface area contributed by atoms with E-state index in [0.29, 0.717) is 13.0 Å². The zero-order valence-electron chi connectivity index (χ0n) is 13.2. The maximum Gasteiger partial charge on any atom is 0.305 e. The number of methoxy groups -OCH3 is 1. The summed E-state index contributed by atoms with van der Waals surface area (Å²) in [4.78, 5) is 29.3. The fourth-order valence-corrected chi connectivity index (χ4v) is 2.46. The number of carbonyl (C=O) groups excluding carboxylic acids is 2. The van der Waals surface area contributed by atoms with Crippen molar-refractivity contribution in [2.75, 3.05) is 7.11 Å². The van der Waals surface area contributed by atoms with Gasteiger partial charge in [0.15, 0.2) is 0 Å². The van der Waals surface area contributed by atoms with Gasteiger partial charge in [-0.3, -0.25) is 19.7 Å². The Balaban J connectivity index is 1.95. The first-order valence-corrected chi connectivity index (χ1v) is 7.29. The normalized spacial score (nSPS) is 20.2. The van der Waals surface area contributed by atoms with Crippen LogP contribution in [0.25, 0.3) is 0 Å². The van der Waals surface area contributed by atoms with Gasteiger partial charge >= 0.3 is 5.97 Å². The number of carbonyl (C=O) groups is 2. The van der Waals surface area contributed by atoms with Crippen LogP contribution >= 0.6 is 0 Å². The molecule has 1 aliphatic rings. The molecule has 1 aliphatic heterocycles. The number of nitrogens with one attached hydrogen (secondary N) is 1. The summed E-state index contributed by atoms with van der Waals surface area (Å²) < 4.78 is 4.61. The number of rotatable bonds is 6. The number of ether oxygens (including phenoxy) is 1. The molecule has 1 heterocycles. The van der Waals surface area contributed by atoms with E-state index >= 15 is 0 Å². The first kappa shape index (κ1) is 16.5. The van der Waals surface area contributed by atoms with Crippen LogP contribution in [0.4, 0.5) is 0 Å². The molecule has 1 amide bonds. The summed E-state index contributed by atoms with van der Waals surface area (Å²) in [6.07, 6.45) is 0.586. The van der Waals surface area contributed by atoms with Gasteiger partial charge < -0.3 is 4.74 Å².